The molecular formula is C60H85ClN2O17. The number of aliphatic hydroxyl groups excluding tert-OH is 2. The number of halogens is 1. The van der Waals surface area contributed by atoms with Crippen molar-refractivity contribution in [2.75, 3.05) is 21.3 Å². The minimum absolute atomic E-state index is 0.0334. The fourth-order valence-corrected chi connectivity index (χ4v) is 11.6. The Morgan fingerprint density at radius 2 is 1.36 bits per heavy atom. The SMILES string of the molecule is CC[C@H]1OC(=O)[C@H](C)[C@@H](O[C@H]2C[C@@](C)(OC)[C@@H](O)[C@H](C)O2)[C@H](C)[C@@H](O[C@@H]2O[C@H](C)C[C@H](N(C)C(=O)OCc3ccccc3)[C@H]2OC(=O)OCc2ccccc2)[C@](C)(OC)C[C@@H](C)/C(=N\OCc2ccccc2Cl)[C@H](C)[C@@H](O)[C@]1(C)O. The second-order valence-electron chi connectivity index (χ2n) is 22.4. The van der Waals surface area contributed by atoms with Crippen LogP contribution in [0.1, 0.15) is 112 Å². The van der Waals surface area contributed by atoms with Crippen molar-refractivity contribution >= 4 is 35.5 Å². The molecule has 20 heteroatoms. The van der Waals surface area contributed by atoms with Crippen molar-refractivity contribution < 1.29 is 81.9 Å². The molecule has 0 bridgehead atoms. The molecule has 1 amide bonds. The number of carbonyl (C=O) groups excluding carboxylic acids is 3. The molecule has 0 spiro atoms. The van der Waals surface area contributed by atoms with Crippen molar-refractivity contribution in [1.82, 2.24) is 4.90 Å². The maximum Gasteiger partial charge on any atom is 0.509 e. The lowest BCUT2D eigenvalue weighted by molar-refractivity contribution is -0.319. The molecule has 19 nitrogen and oxygen atoms in total. The summed E-state index contributed by atoms with van der Waals surface area (Å²) in [7, 11) is 4.53. The molecule has 0 unspecified atom stereocenters. The number of benzene rings is 3. The summed E-state index contributed by atoms with van der Waals surface area (Å²) in [5, 5.41) is 41.0. The molecule has 3 aromatic rings. The Balaban J connectivity index is 1.49. The molecule has 18 atom stereocenters. The van der Waals surface area contributed by atoms with Crippen molar-refractivity contribution in [2.24, 2.45) is 28.8 Å². The summed E-state index contributed by atoms with van der Waals surface area (Å²) in [5.74, 6) is -4.42. The number of cyclic esters (lactones) is 1. The smallest absolute Gasteiger partial charge is 0.459 e. The topological polar surface area (TPSA) is 229 Å². The van der Waals surface area contributed by atoms with Gasteiger partial charge in [0.25, 0.3) is 0 Å². The molecule has 444 valence electrons. The third-order valence-corrected chi connectivity index (χ3v) is 16.8. The van der Waals surface area contributed by atoms with Crippen LogP contribution in [-0.2, 0) is 76.8 Å². The minimum atomic E-state index is -2.03. The number of carbonyl (C=O) groups is 3. The molecular weight excluding hydrogens is 1060 g/mol. The molecule has 3 aliphatic rings. The van der Waals surface area contributed by atoms with E-state index in [-0.39, 0.29) is 45.5 Å². The number of likely N-dealkylation sites (N-methyl/N-ethyl adjacent to an activating group) is 1. The van der Waals surface area contributed by atoms with Gasteiger partial charge in [-0.25, -0.2) is 9.59 Å². The number of hydrogen-bond donors (Lipinski definition) is 3. The van der Waals surface area contributed by atoms with Crippen LogP contribution in [0.2, 0.25) is 5.02 Å². The monoisotopic (exact) mass is 1140 g/mol. The van der Waals surface area contributed by atoms with Gasteiger partial charge in [-0.05, 0) is 78.0 Å². The predicted molar refractivity (Wildman–Crippen MR) is 296 cm³/mol. The first kappa shape index (κ1) is 64.2. The van der Waals surface area contributed by atoms with Gasteiger partial charge in [-0.3, -0.25) is 4.79 Å². The second-order valence-corrected chi connectivity index (χ2v) is 22.8. The van der Waals surface area contributed by atoms with Crippen molar-refractivity contribution in [3.8, 4) is 0 Å². The summed E-state index contributed by atoms with van der Waals surface area (Å²) < 4.78 is 63.8. The number of esters is 1. The number of amides is 1. The first-order valence-corrected chi connectivity index (χ1v) is 28.0. The Labute approximate surface area is 476 Å². The van der Waals surface area contributed by atoms with Gasteiger partial charge in [-0.1, -0.05) is 123 Å². The number of aliphatic hydroxyl groups is 3. The van der Waals surface area contributed by atoms with Crippen LogP contribution < -0.4 is 0 Å². The highest BCUT2D eigenvalue weighted by molar-refractivity contribution is 6.31. The van der Waals surface area contributed by atoms with E-state index in [0.717, 1.165) is 5.56 Å². The number of nitrogens with zero attached hydrogens (tertiary/aromatic N) is 2. The fraction of sp³-hybridized carbons (Fsp3) is 0.633. The Morgan fingerprint density at radius 3 is 1.96 bits per heavy atom. The normalized spacial score (nSPS) is 36.0. The molecule has 6 rings (SSSR count). The summed E-state index contributed by atoms with van der Waals surface area (Å²) in [6.45, 7) is 17.0. The van der Waals surface area contributed by atoms with Crippen LogP contribution in [0.25, 0.3) is 0 Å². The average Bonchev–Trinajstić information content (AvgIpc) is 3.44. The number of hydrogen-bond acceptors (Lipinski definition) is 18. The number of oxime groups is 1. The van der Waals surface area contributed by atoms with Crippen LogP contribution in [0, 0.1) is 23.7 Å². The molecule has 0 aliphatic carbocycles. The maximum atomic E-state index is 14.9. The van der Waals surface area contributed by atoms with Gasteiger partial charge in [0.1, 0.15) is 37.6 Å². The molecule has 3 aromatic carbocycles. The lowest BCUT2D eigenvalue weighted by Gasteiger charge is -2.50. The Hall–Kier alpha value is -4.93. The van der Waals surface area contributed by atoms with Gasteiger partial charge >= 0.3 is 18.2 Å². The minimum Gasteiger partial charge on any atom is -0.459 e. The summed E-state index contributed by atoms with van der Waals surface area (Å²) in [6.07, 6.45) is -13.0. The average molecular weight is 1140 g/mol. The van der Waals surface area contributed by atoms with Crippen molar-refractivity contribution in [3.63, 3.8) is 0 Å². The zero-order chi connectivity index (χ0) is 58.7. The van der Waals surface area contributed by atoms with Crippen molar-refractivity contribution in [3.05, 3.63) is 107 Å². The molecule has 3 heterocycles. The van der Waals surface area contributed by atoms with Crippen LogP contribution >= 0.6 is 11.6 Å². The highest BCUT2D eigenvalue weighted by atomic mass is 35.5. The van der Waals surface area contributed by atoms with Gasteiger partial charge in [0, 0.05) is 56.0 Å². The Kier molecular flexibility index (Phi) is 22.8. The number of ether oxygens (including phenoxy) is 10. The van der Waals surface area contributed by atoms with E-state index >= 15 is 0 Å². The molecule has 0 radical (unpaired) electrons. The fourth-order valence-electron chi connectivity index (χ4n) is 11.4. The lowest BCUT2D eigenvalue weighted by atomic mass is 9.73. The third kappa shape index (κ3) is 15.6. The van der Waals surface area contributed by atoms with Crippen LogP contribution in [0.3, 0.4) is 0 Å². The highest BCUT2D eigenvalue weighted by Gasteiger charge is 2.55. The van der Waals surface area contributed by atoms with Crippen LogP contribution in [0.4, 0.5) is 9.59 Å². The quantitative estimate of drug-likeness (QED) is 0.0690. The van der Waals surface area contributed by atoms with E-state index < -0.39 is 126 Å². The van der Waals surface area contributed by atoms with Crippen molar-refractivity contribution in [1.29, 1.82) is 0 Å². The van der Waals surface area contributed by atoms with Gasteiger partial charge in [0.15, 0.2) is 18.7 Å². The highest BCUT2D eigenvalue weighted by Crippen LogP contribution is 2.43. The lowest BCUT2D eigenvalue weighted by Crippen LogP contribution is -2.62. The molecule has 80 heavy (non-hydrogen) atoms. The van der Waals surface area contributed by atoms with E-state index in [9.17, 15) is 29.7 Å². The van der Waals surface area contributed by atoms with Gasteiger partial charge < -0.3 is 72.4 Å². The number of methoxy groups -OCH3 is 2. The first-order valence-electron chi connectivity index (χ1n) is 27.6. The van der Waals surface area contributed by atoms with Crippen LogP contribution in [-0.4, -0.2) is 150 Å². The molecule has 3 saturated heterocycles. The van der Waals surface area contributed by atoms with Crippen LogP contribution in [0.5, 0.6) is 0 Å². The maximum absolute atomic E-state index is 14.9. The van der Waals surface area contributed by atoms with E-state index in [2.05, 4.69) is 5.16 Å². The Morgan fingerprint density at radius 1 is 0.762 bits per heavy atom. The van der Waals surface area contributed by atoms with Crippen molar-refractivity contribution in [2.45, 2.75) is 199 Å². The van der Waals surface area contributed by atoms with E-state index in [4.69, 9.17) is 63.8 Å². The van der Waals surface area contributed by atoms with E-state index in [1.807, 2.05) is 75.4 Å². The second kappa shape index (κ2) is 28.4. The van der Waals surface area contributed by atoms with E-state index in [1.54, 1.807) is 78.9 Å². The standard InChI is InChI=1S/C60H85ClN2O17/c1-14-46-60(10,69)51(64)37(4)48(62-74-34-43-27-21-22-28-44(43)61)35(2)30-59(9,71-13)53(38(5)49(39(6)54(66)77-46)78-47-31-58(8,70-12)52(65)40(7)76-47)80-55-50(79-57(68)73-33-42-25-19-16-20-26-42)45(29-36(3)75-55)63(11)56(67)72-32-41-23-17-15-18-24-41/h15-28,35-40,45-47,49-53,55,64-65,69H,14,29-34H2,1-13H3/b62-48+/t35-,36-,37+,38+,39-,40+,45+,46-,47+,49+,50-,51-,52+,53-,55+,58-,59-,60-/m1/s1. The summed E-state index contributed by atoms with van der Waals surface area (Å²) in [6, 6.07) is 24.5. The van der Waals surface area contributed by atoms with Gasteiger partial charge in [-0.15, -0.1) is 0 Å². The Bertz CT molecular complexity index is 2490. The molecule has 0 aromatic heterocycles. The van der Waals surface area contributed by atoms with Gasteiger partial charge in [0.05, 0.1) is 59.4 Å². The van der Waals surface area contributed by atoms with E-state index in [0.29, 0.717) is 21.9 Å². The first-order chi connectivity index (χ1) is 37.9. The third-order valence-electron chi connectivity index (χ3n) is 16.4. The zero-order valence-corrected chi connectivity index (χ0v) is 49.3. The van der Waals surface area contributed by atoms with Crippen LogP contribution in [0.15, 0.2) is 90.1 Å². The van der Waals surface area contributed by atoms with Gasteiger partial charge in [-0.2, -0.15) is 0 Å². The summed E-state index contributed by atoms with van der Waals surface area (Å²) in [5.41, 5.74) is -2.19. The van der Waals surface area contributed by atoms with E-state index in [1.165, 1.54) is 26.0 Å². The zero-order valence-electron chi connectivity index (χ0n) is 48.5. The molecule has 3 aliphatic heterocycles. The molecule has 3 N–H and O–H groups in total. The summed E-state index contributed by atoms with van der Waals surface area (Å²) >= 11 is 6.53. The largest absolute Gasteiger partial charge is 0.509 e. The summed E-state index contributed by atoms with van der Waals surface area (Å²) in [4.78, 5) is 50.4. The predicted octanol–water partition coefficient (Wildman–Crippen LogP) is 9.16. The molecule has 3 fully saturated rings. The number of rotatable bonds is 16. The molecule has 0 saturated carbocycles. The van der Waals surface area contributed by atoms with Gasteiger partial charge in [0.2, 0.25) is 0 Å².